The summed E-state index contributed by atoms with van der Waals surface area (Å²) in [6, 6.07) is 1.97. The maximum Gasteiger partial charge on any atom is 0.234 e. The summed E-state index contributed by atoms with van der Waals surface area (Å²) in [7, 11) is 0. The molecule has 1 amide bonds. The fraction of sp³-hybridized carbons (Fsp3) is 0.611. The summed E-state index contributed by atoms with van der Waals surface area (Å²) < 4.78 is 26.8. The maximum absolute atomic E-state index is 13.4. The van der Waals surface area contributed by atoms with Crippen LogP contribution in [0.25, 0.3) is 0 Å². The van der Waals surface area contributed by atoms with Crippen LogP contribution in [0.2, 0.25) is 0 Å². The second-order valence-electron chi connectivity index (χ2n) is 6.83. The van der Waals surface area contributed by atoms with Crippen LogP contribution in [-0.2, 0) is 11.2 Å². The Hall–Kier alpha value is -0.990. The molecule has 0 spiro atoms. The first kappa shape index (κ1) is 28.2. The summed E-state index contributed by atoms with van der Waals surface area (Å²) in [5.41, 5.74) is 5.66. The smallest absolute Gasteiger partial charge is 0.234 e. The van der Waals surface area contributed by atoms with E-state index in [2.05, 4.69) is 24.5 Å². The second kappa shape index (κ2) is 14.1. The number of carbonyl (C=O) groups is 1. The highest BCUT2D eigenvalue weighted by Crippen LogP contribution is 2.12. The van der Waals surface area contributed by atoms with Crippen LogP contribution >= 0.6 is 24.8 Å². The lowest BCUT2D eigenvalue weighted by atomic mass is 9.99. The van der Waals surface area contributed by atoms with Crippen molar-refractivity contribution in [2.75, 3.05) is 13.1 Å². The largest absolute Gasteiger partial charge is 0.390 e. The Bertz CT molecular complexity index is 545. The number of aliphatic hydroxyl groups excluding tert-OH is 1. The van der Waals surface area contributed by atoms with E-state index < -0.39 is 35.7 Å². The molecule has 0 bridgehead atoms. The Kier molecular flexibility index (Phi) is 14.7. The number of hydrogen-bond donors (Lipinski definition) is 4. The van der Waals surface area contributed by atoms with E-state index >= 15 is 0 Å². The molecule has 0 unspecified atom stereocenters. The Morgan fingerprint density at radius 3 is 2.19 bits per heavy atom. The number of hydrogen-bond acceptors (Lipinski definition) is 4. The Morgan fingerprint density at radius 2 is 1.70 bits per heavy atom. The average molecular weight is 430 g/mol. The van der Waals surface area contributed by atoms with E-state index in [0.29, 0.717) is 18.0 Å². The number of benzene rings is 1. The molecule has 0 saturated heterocycles. The zero-order chi connectivity index (χ0) is 19.0. The topological polar surface area (TPSA) is 87.4 Å². The Morgan fingerprint density at radius 1 is 1.15 bits per heavy atom. The number of amides is 1. The minimum Gasteiger partial charge on any atom is -0.390 e. The van der Waals surface area contributed by atoms with Crippen molar-refractivity contribution < 1.29 is 18.7 Å². The van der Waals surface area contributed by atoms with Crippen molar-refractivity contribution >= 4 is 30.7 Å². The summed E-state index contributed by atoms with van der Waals surface area (Å²) in [6.07, 6.45) is 0.289. The number of primary amides is 1. The quantitative estimate of drug-likeness (QED) is 0.406. The van der Waals surface area contributed by atoms with E-state index in [1.165, 1.54) is 12.1 Å². The first-order valence-corrected chi connectivity index (χ1v) is 8.58. The van der Waals surface area contributed by atoms with Crippen molar-refractivity contribution in [3.05, 3.63) is 35.4 Å². The zero-order valence-electron chi connectivity index (χ0n) is 15.9. The molecule has 0 heterocycles. The van der Waals surface area contributed by atoms with Gasteiger partial charge < -0.3 is 21.5 Å². The molecule has 0 aliphatic rings. The van der Waals surface area contributed by atoms with E-state index in [-0.39, 0.29) is 31.2 Å². The van der Waals surface area contributed by atoms with Gasteiger partial charge in [0.15, 0.2) is 0 Å². The van der Waals surface area contributed by atoms with E-state index in [0.717, 1.165) is 19.0 Å². The standard InChI is InChI=1S/C18H29F2N3O2.2ClH/c1-11(2)4-5-22-10-17(24)16(23-12(3)18(21)25)8-13-6-14(19)9-15(20)7-13;;/h6-7,9,11-12,16-17,22-24H,4-5,8,10H2,1-3H3,(H2,21,25);2*1H/t12-,16+,17-;;/m1../s1. The lowest BCUT2D eigenvalue weighted by molar-refractivity contribution is -0.120. The van der Waals surface area contributed by atoms with Gasteiger partial charge in [0.05, 0.1) is 12.1 Å². The summed E-state index contributed by atoms with van der Waals surface area (Å²) in [4.78, 5) is 11.3. The van der Waals surface area contributed by atoms with E-state index in [1.54, 1.807) is 6.92 Å². The summed E-state index contributed by atoms with van der Waals surface area (Å²) in [5.74, 6) is -1.37. The highest BCUT2D eigenvalue weighted by atomic mass is 35.5. The van der Waals surface area contributed by atoms with Crippen LogP contribution in [0.1, 0.15) is 32.8 Å². The number of halogens is 4. The third-order valence-electron chi connectivity index (χ3n) is 3.99. The number of aliphatic hydroxyl groups is 1. The predicted octanol–water partition coefficient (Wildman–Crippen LogP) is 2.18. The normalized spacial score (nSPS) is 14.0. The zero-order valence-corrected chi connectivity index (χ0v) is 17.5. The Balaban J connectivity index is 0. The molecule has 0 fully saturated rings. The van der Waals surface area contributed by atoms with Gasteiger partial charge in [0.2, 0.25) is 5.91 Å². The van der Waals surface area contributed by atoms with Crippen molar-refractivity contribution in [1.29, 1.82) is 0 Å². The first-order valence-electron chi connectivity index (χ1n) is 8.58. The van der Waals surface area contributed by atoms with Gasteiger partial charge >= 0.3 is 0 Å². The van der Waals surface area contributed by atoms with Crippen LogP contribution in [-0.4, -0.2) is 42.3 Å². The predicted molar refractivity (Wildman–Crippen MR) is 108 cm³/mol. The van der Waals surface area contributed by atoms with Crippen molar-refractivity contribution in [1.82, 2.24) is 10.6 Å². The highest BCUT2D eigenvalue weighted by molar-refractivity contribution is 5.85. The van der Waals surface area contributed by atoms with Crippen LogP contribution in [0, 0.1) is 17.6 Å². The van der Waals surface area contributed by atoms with Crippen molar-refractivity contribution in [3.63, 3.8) is 0 Å². The van der Waals surface area contributed by atoms with Crippen LogP contribution in [0.4, 0.5) is 8.78 Å². The van der Waals surface area contributed by atoms with Gasteiger partial charge in [-0.05, 0) is 49.9 Å². The molecule has 158 valence electrons. The molecule has 1 aromatic rings. The fourth-order valence-electron chi connectivity index (χ4n) is 2.47. The van der Waals surface area contributed by atoms with Crippen molar-refractivity contribution in [3.8, 4) is 0 Å². The summed E-state index contributed by atoms with van der Waals surface area (Å²) in [5, 5.41) is 16.5. The minimum absolute atomic E-state index is 0. The molecule has 0 radical (unpaired) electrons. The van der Waals surface area contributed by atoms with Gasteiger partial charge in [0.25, 0.3) is 0 Å². The van der Waals surface area contributed by atoms with Gasteiger partial charge in [0.1, 0.15) is 11.6 Å². The number of nitrogens with two attached hydrogens (primary N) is 1. The SMILES string of the molecule is CC(C)CCNC[C@@H](O)[C@H](Cc1cc(F)cc(F)c1)N[C@H](C)C(N)=O.Cl.Cl. The first-order chi connectivity index (χ1) is 11.7. The minimum atomic E-state index is -0.847. The van der Waals surface area contributed by atoms with Crippen LogP contribution in [0.5, 0.6) is 0 Å². The molecule has 0 aliphatic heterocycles. The van der Waals surface area contributed by atoms with Crippen molar-refractivity contribution in [2.45, 2.75) is 51.8 Å². The molecular formula is C18H31Cl2F2N3O2. The second-order valence-corrected chi connectivity index (χ2v) is 6.83. The number of nitrogens with one attached hydrogen (secondary N) is 2. The molecule has 9 heteroatoms. The molecule has 0 saturated carbocycles. The summed E-state index contributed by atoms with van der Waals surface area (Å²) in [6.45, 7) is 6.85. The third-order valence-corrected chi connectivity index (χ3v) is 3.99. The molecule has 0 aromatic heterocycles. The molecule has 5 nitrogen and oxygen atoms in total. The number of rotatable bonds is 11. The van der Waals surface area contributed by atoms with Gasteiger partial charge in [-0.25, -0.2) is 8.78 Å². The molecule has 3 atom stereocenters. The van der Waals surface area contributed by atoms with Crippen LogP contribution < -0.4 is 16.4 Å². The molecule has 0 aliphatic carbocycles. The third kappa shape index (κ3) is 11.4. The van der Waals surface area contributed by atoms with Crippen LogP contribution in [0.3, 0.4) is 0 Å². The van der Waals surface area contributed by atoms with E-state index in [4.69, 9.17) is 5.73 Å². The lowest BCUT2D eigenvalue weighted by Crippen LogP contribution is -2.53. The van der Waals surface area contributed by atoms with Crippen LogP contribution in [0.15, 0.2) is 18.2 Å². The molecule has 27 heavy (non-hydrogen) atoms. The lowest BCUT2D eigenvalue weighted by Gasteiger charge is -2.27. The van der Waals surface area contributed by atoms with Gasteiger partial charge in [0, 0.05) is 18.7 Å². The van der Waals surface area contributed by atoms with Gasteiger partial charge in [-0.2, -0.15) is 0 Å². The summed E-state index contributed by atoms with van der Waals surface area (Å²) >= 11 is 0. The van der Waals surface area contributed by atoms with Gasteiger partial charge in [-0.3, -0.25) is 4.79 Å². The van der Waals surface area contributed by atoms with Crippen molar-refractivity contribution in [2.24, 2.45) is 11.7 Å². The molecule has 1 rings (SSSR count). The van der Waals surface area contributed by atoms with Gasteiger partial charge in [-0.15, -0.1) is 24.8 Å². The molecular weight excluding hydrogens is 399 g/mol. The fourth-order valence-corrected chi connectivity index (χ4v) is 2.47. The Labute approximate surface area is 172 Å². The highest BCUT2D eigenvalue weighted by Gasteiger charge is 2.23. The monoisotopic (exact) mass is 429 g/mol. The maximum atomic E-state index is 13.4. The molecule has 5 N–H and O–H groups in total. The average Bonchev–Trinajstić information content (AvgIpc) is 2.49. The number of carbonyl (C=O) groups excluding carboxylic acids is 1. The molecule has 1 aromatic carbocycles. The van der Waals surface area contributed by atoms with E-state index in [9.17, 15) is 18.7 Å². The van der Waals surface area contributed by atoms with E-state index in [1.807, 2.05) is 0 Å². The van der Waals surface area contributed by atoms with Gasteiger partial charge in [-0.1, -0.05) is 13.8 Å².